The van der Waals surface area contributed by atoms with Gasteiger partial charge in [-0.25, -0.2) is 4.79 Å². The molecule has 2 rings (SSSR count). The lowest BCUT2D eigenvalue weighted by molar-refractivity contribution is -0.133. The number of carbonyl (C=O) groups excluding carboxylic acids is 2. The summed E-state index contributed by atoms with van der Waals surface area (Å²) < 4.78 is 12.5. The number of nitrogens with zero attached hydrogens (tertiary/aromatic N) is 3. The van der Waals surface area contributed by atoms with Gasteiger partial charge in [0, 0.05) is 38.6 Å². The van der Waals surface area contributed by atoms with E-state index in [9.17, 15) is 9.59 Å². The average Bonchev–Trinajstić information content (AvgIpc) is 3.18. The molecule has 1 aromatic heterocycles. The molecule has 0 aliphatic rings. The van der Waals surface area contributed by atoms with Crippen molar-refractivity contribution in [2.24, 2.45) is 7.05 Å². The van der Waals surface area contributed by atoms with Gasteiger partial charge in [0.1, 0.15) is 12.3 Å². The van der Waals surface area contributed by atoms with Gasteiger partial charge in [0.15, 0.2) is 0 Å². The number of methoxy groups -OCH3 is 2. The highest BCUT2D eigenvalue weighted by molar-refractivity contribution is 5.93. The second-order valence-corrected chi connectivity index (χ2v) is 7.43. The number of para-hydroxylation sites is 2. The maximum atomic E-state index is 13.2. The van der Waals surface area contributed by atoms with Crippen molar-refractivity contribution in [1.29, 1.82) is 0 Å². The van der Waals surface area contributed by atoms with Crippen LogP contribution in [0.4, 0.5) is 10.5 Å². The number of hydrogen-bond donors (Lipinski definition) is 1. The summed E-state index contributed by atoms with van der Waals surface area (Å²) in [7, 11) is 5.11. The van der Waals surface area contributed by atoms with Crippen molar-refractivity contribution >= 4 is 17.6 Å². The summed E-state index contributed by atoms with van der Waals surface area (Å²) >= 11 is 0. The Morgan fingerprint density at radius 2 is 1.90 bits per heavy atom. The Balaban J connectivity index is 2.17. The largest absolute Gasteiger partial charge is 0.495 e. The Hall–Kier alpha value is -3.00. The highest BCUT2D eigenvalue weighted by Crippen LogP contribution is 2.24. The second-order valence-electron chi connectivity index (χ2n) is 7.43. The van der Waals surface area contributed by atoms with Crippen molar-refractivity contribution in [2.75, 3.05) is 39.2 Å². The van der Waals surface area contributed by atoms with Crippen LogP contribution >= 0.6 is 0 Å². The third-order valence-electron chi connectivity index (χ3n) is 5.36. The number of benzene rings is 1. The summed E-state index contributed by atoms with van der Waals surface area (Å²) in [5.74, 6) is 0.436. The van der Waals surface area contributed by atoms with Gasteiger partial charge in [-0.2, -0.15) is 0 Å². The van der Waals surface area contributed by atoms with E-state index >= 15 is 0 Å². The molecule has 3 amide bonds. The fourth-order valence-corrected chi connectivity index (χ4v) is 3.18. The highest BCUT2D eigenvalue weighted by Gasteiger charge is 2.25. The van der Waals surface area contributed by atoms with Crippen molar-refractivity contribution in [3.05, 3.63) is 48.3 Å². The van der Waals surface area contributed by atoms with Crippen LogP contribution in [0, 0.1) is 0 Å². The first-order valence-electron chi connectivity index (χ1n) is 10.5. The predicted molar refractivity (Wildman–Crippen MR) is 121 cm³/mol. The van der Waals surface area contributed by atoms with Crippen molar-refractivity contribution in [1.82, 2.24) is 14.4 Å². The number of nitrogens with one attached hydrogen (secondary N) is 1. The predicted octanol–water partition coefficient (Wildman–Crippen LogP) is 3.34. The summed E-state index contributed by atoms with van der Waals surface area (Å²) in [4.78, 5) is 29.6. The van der Waals surface area contributed by atoms with E-state index in [2.05, 4.69) is 5.32 Å². The molecule has 1 N–H and O–H groups in total. The molecule has 1 atom stereocenters. The number of anilines is 1. The topological polar surface area (TPSA) is 76.0 Å². The molecular weight excluding hydrogens is 396 g/mol. The second kappa shape index (κ2) is 12.0. The molecular formula is C23H34N4O4. The number of amides is 3. The molecule has 0 bridgehead atoms. The van der Waals surface area contributed by atoms with E-state index in [1.807, 2.05) is 55.9 Å². The van der Waals surface area contributed by atoms with Gasteiger partial charge in [-0.3, -0.25) is 4.79 Å². The maximum Gasteiger partial charge on any atom is 0.322 e. The fourth-order valence-electron chi connectivity index (χ4n) is 3.18. The lowest BCUT2D eigenvalue weighted by atomic mass is 10.2. The summed E-state index contributed by atoms with van der Waals surface area (Å²) in [6, 6.07) is 10.7. The molecule has 8 heteroatoms. The number of rotatable bonds is 11. The molecule has 8 nitrogen and oxygen atoms in total. The molecule has 0 saturated carbocycles. The number of aromatic nitrogens is 1. The zero-order valence-electron chi connectivity index (χ0n) is 19.1. The van der Waals surface area contributed by atoms with Gasteiger partial charge in [-0.1, -0.05) is 19.1 Å². The fraction of sp³-hybridized carbons (Fsp3) is 0.478. The molecule has 0 aliphatic heterocycles. The van der Waals surface area contributed by atoms with Gasteiger partial charge in [0.25, 0.3) is 0 Å². The van der Waals surface area contributed by atoms with Crippen LogP contribution in [0.1, 0.15) is 26.0 Å². The SMILES string of the molecule is CCC(C)N(CC(=O)N(CCOC)Cc1cccn1C)C(=O)Nc1ccccc1OC. The molecule has 0 radical (unpaired) electrons. The van der Waals surface area contributed by atoms with Crippen molar-refractivity contribution in [3.8, 4) is 5.75 Å². The monoisotopic (exact) mass is 430 g/mol. The maximum absolute atomic E-state index is 13.2. The molecule has 31 heavy (non-hydrogen) atoms. The van der Waals surface area contributed by atoms with Gasteiger partial charge in [-0.15, -0.1) is 0 Å². The summed E-state index contributed by atoms with van der Waals surface area (Å²) in [5, 5.41) is 2.88. The van der Waals surface area contributed by atoms with Crippen molar-refractivity contribution in [3.63, 3.8) is 0 Å². The molecule has 1 aromatic carbocycles. The van der Waals surface area contributed by atoms with Crippen LogP contribution < -0.4 is 10.1 Å². The van der Waals surface area contributed by atoms with E-state index in [0.717, 1.165) is 12.1 Å². The van der Waals surface area contributed by atoms with Crippen LogP contribution in [0.25, 0.3) is 0 Å². The molecule has 0 fully saturated rings. The van der Waals surface area contributed by atoms with Crippen LogP contribution in [0.15, 0.2) is 42.6 Å². The van der Waals surface area contributed by atoms with E-state index < -0.39 is 0 Å². The summed E-state index contributed by atoms with van der Waals surface area (Å²) in [6.45, 7) is 5.23. The highest BCUT2D eigenvalue weighted by atomic mass is 16.5. The first-order valence-corrected chi connectivity index (χ1v) is 10.5. The Kier molecular flexibility index (Phi) is 9.40. The number of hydrogen-bond acceptors (Lipinski definition) is 4. The zero-order chi connectivity index (χ0) is 22.8. The van der Waals surface area contributed by atoms with Crippen LogP contribution in [-0.2, 0) is 23.1 Å². The first kappa shape index (κ1) is 24.3. The minimum atomic E-state index is -0.335. The van der Waals surface area contributed by atoms with Crippen molar-refractivity contribution < 1.29 is 19.1 Å². The Bertz CT molecular complexity index is 852. The lowest BCUT2D eigenvalue weighted by Gasteiger charge is -2.31. The molecule has 2 aromatic rings. The Morgan fingerprint density at radius 3 is 2.52 bits per heavy atom. The van der Waals surface area contributed by atoms with Gasteiger partial charge in [0.05, 0.1) is 25.9 Å². The molecule has 1 unspecified atom stereocenters. The number of carbonyl (C=O) groups is 2. The summed E-state index contributed by atoms with van der Waals surface area (Å²) in [6.07, 6.45) is 2.67. The normalized spacial score (nSPS) is 11.6. The Labute approximate surface area is 184 Å². The van der Waals surface area contributed by atoms with Gasteiger partial charge >= 0.3 is 6.03 Å². The minimum absolute atomic E-state index is 0.0237. The average molecular weight is 431 g/mol. The zero-order valence-corrected chi connectivity index (χ0v) is 19.1. The van der Waals surface area contributed by atoms with E-state index in [1.54, 1.807) is 36.2 Å². The van der Waals surface area contributed by atoms with E-state index in [1.165, 1.54) is 0 Å². The number of urea groups is 1. The van der Waals surface area contributed by atoms with Gasteiger partial charge in [0.2, 0.25) is 5.91 Å². The quantitative estimate of drug-likeness (QED) is 0.593. The van der Waals surface area contributed by atoms with Crippen LogP contribution in [0.5, 0.6) is 5.75 Å². The van der Waals surface area contributed by atoms with E-state index in [4.69, 9.17) is 9.47 Å². The van der Waals surface area contributed by atoms with Crippen LogP contribution in [0.2, 0.25) is 0 Å². The lowest BCUT2D eigenvalue weighted by Crippen LogP contribution is -2.48. The van der Waals surface area contributed by atoms with Crippen molar-refractivity contribution in [2.45, 2.75) is 32.9 Å². The third-order valence-corrected chi connectivity index (χ3v) is 5.36. The Morgan fingerprint density at radius 1 is 1.16 bits per heavy atom. The van der Waals surface area contributed by atoms with E-state index in [-0.39, 0.29) is 24.5 Å². The summed E-state index contributed by atoms with van der Waals surface area (Å²) in [5.41, 5.74) is 1.58. The molecule has 0 spiro atoms. The minimum Gasteiger partial charge on any atom is -0.495 e. The van der Waals surface area contributed by atoms with Crippen LogP contribution in [0.3, 0.4) is 0 Å². The molecule has 1 heterocycles. The van der Waals surface area contributed by atoms with Crippen LogP contribution in [-0.4, -0.2) is 66.3 Å². The molecule has 0 saturated heterocycles. The molecule has 0 aliphatic carbocycles. The first-order chi connectivity index (χ1) is 14.9. The van der Waals surface area contributed by atoms with Gasteiger partial charge < -0.3 is 29.2 Å². The third kappa shape index (κ3) is 6.75. The molecule has 170 valence electrons. The smallest absolute Gasteiger partial charge is 0.322 e. The van der Waals surface area contributed by atoms with Gasteiger partial charge in [-0.05, 0) is 37.6 Å². The number of ether oxygens (including phenoxy) is 2. The van der Waals surface area contributed by atoms with E-state index in [0.29, 0.717) is 31.1 Å². The standard InChI is InChI=1S/C23H34N4O4/c1-6-18(2)27(23(29)24-20-11-7-8-12-21(20)31-5)17-22(28)26(14-15-30-4)16-19-10-9-13-25(19)3/h7-13,18H,6,14-17H2,1-5H3,(H,24,29). The number of aryl methyl sites for hydroxylation is 1.